The van der Waals surface area contributed by atoms with Gasteiger partial charge < -0.3 is 0 Å². The summed E-state index contributed by atoms with van der Waals surface area (Å²) in [7, 11) is 0. The van der Waals surface area contributed by atoms with Gasteiger partial charge in [-0.1, -0.05) is 0 Å². The second kappa shape index (κ2) is 9.42. The fourth-order valence-corrected chi connectivity index (χ4v) is 5.52. The third kappa shape index (κ3) is 4.33. The van der Waals surface area contributed by atoms with Gasteiger partial charge in [-0.05, 0) is 0 Å². The van der Waals surface area contributed by atoms with Gasteiger partial charge in [0.05, 0.1) is 0 Å². The van der Waals surface area contributed by atoms with E-state index < -0.39 is 0 Å². The molecule has 0 saturated carbocycles. The van der Waals surface area contributed by atoms with E-state index in [4.69, 9.17) is 0 Å². The van der Waals surface area contributed by atoms with Crippen molar-refractivity contribution >= 4 is 15.3 Å². The maximum atomic E-state index is 2.83. The van der Waals surface area contributed by atoms with E-state index in [2.05, 4.69) is 122 Å². The predicted molar refractivity (Wildman–Crippen MR) is 129 cm³/mol. The number of para-hydroxylation sites is 2. The molecule has 2 nitrogen and oxygen atoms in total. The molecule has 0 aromatic heterocycles. The monoisotopic (exact) mass is 587 g/mol. The minimum absolute atomic E-state index is 0.503. The van der Waals surface area contributed by atoms with Gasteiger partial charge >= 0.3 is 197 Å². The maximum absolute atomic E-state index is 2.83. The van der Waals surface area contributed by atoms with Crippen molar-refractivity contribution in [2.24, 2.45) is 0 Å². The number of hydrogen-bond acceptors (Lipinski definition) is 2. The molecule has 3 rings (SSSR count). The first-order chi connectivity index (χ1) is 14.1. The summed E-state index contributed by atoms with van der Waals surface area (Å²) in [6.07, 6.45) is 0. The molecule has 0 amide bonds. The molecule has 167 valence electrons. The van der Waals surface area contributed by atoms with Crippen molar-refractivity contribution in [1.82, 2.24) is 0 Å². The van der Waals surface area contributed by atoms with E-state index in [1.54, 1.807) is 0 Å². The SMILES string of the molecule is CC(C)c1cccc(C(C)C)c1N1CCN(c2c(C(C)C)cccc2C(C)C)[C]1=[Au]. The number of anilines is 2. The molecule has 1 fully saturated rings. The fourth-order valence-electron chi connectivity index (χ4n) is 4.55. The Morgan fingerprint density at radius 2 is 0.833 bits per heavy atom. The predicted octanol–water partition coefficient (Wildman–Crippen LogP) is 7.14. The summed E-state index contributed by atoms with van der Waals surface area (Å²) >= 11 is 2.83. The van der Waals surface area contributed by atoms with E-state index in [-0.39, 0.29) is 0 Å². The van der Waals surface area contributed by atoms with E-state index in [0.717, 1.165) is 13.1 Å². The molecule has 0 bridgehead atoms. The molecule has 0 aliphatic carbocycles. The van der Waals surface area contributed by atoms with E-state index in [1.165, 1.54) is 37.6 Å². The van der Waals surface area contributed by atoms with Gasteiger partial charge in [0.15, 0.2) is 0 Å². The third-order valence-electron chi connectivity index (χ3n) is 6.18. The summed E-state index contributed by atoms with van der Waals surface area (Å²) in [6.45, 7) is 20.5. The van der Waals surface area contributed by atoms with Crippen molar-refractivity contribution in [1.29, 1.82) is 0 Å². The Morgan fingerprint density at radius 1 is 0.567 bits per heavy atom. The van der Waals surface area contributed by atoms with Gasteiger partial charge in [0.2, 0.25) is 0 Å². The van der Waals surface area contributed by atoms with Crippen LogP contribution in [0.2, 0.25) is 0 Å². The van der Waals surface area contributed by atoms with Crippen LogP contribution in [0.3, 0.4) is 0 Å². The Hall–Kier alpha value is -1.35. The molecule has 0 N–H and O–H groups in total. The zero-order chi connectivity index (χ0) is 22.2. The molecule has 1 heterocycles. The van der Waals surface area contributed by atoms with Gasteiger partial charge in [-0.2, -0.15) is 0 Å². The Bertz CT molecular complexity index is 785. The number of hydrogen-bond donors (Lipinski definition) is 0. The van der Waals surface area contributed by atoms with Crippen LogP contribution < -0.4 is 9.80 Å². The molecular formula is C27H38AuN2. The molecule has 0 radical (unpaired) electrons. The van der Waals surface area contributed by atoms with Crippen LogP contribution in [-0.2, 0) is 20.6 Å². The molecule has 2 aromatic rings. The molecule has 1 aliphatic rings. The molecule has 1 aliphatic heterocycles. The third-order valence-corrected chi connectivity index (χ3v) is 7.35. The van der Waals surface area contributed by atoms with Gasteiger partial charge in [0, 0.05) is 0 Å². The summed E-state index contributed by atoms with van der Waals surface area (Å²) in [6, 6.07) is 13.7. The van der Waals surface area contributed by atoms with E-state index in [1.807, 2.05) is 0 Å². The second-order valence-corrected chi connectivity index (χ2v) is 10.7. The molecular weight excluding hydrogens is 549 g/mol. The van der Waals surface area contributed by atoms with Gasteiger partial charge in [0.1, 0.15) is 0 Å². The van der Waals surface area contributed by atoms with E-state index in [9.17, 15) is 0 Å². The Morgan fingerprint density at radius 3 is 1.07 bits per heavy atom. The van der Waals surface area contributed by atoms with Crippen LogP contribution in [0.4, 0.5) is 11.4 Å². The van der Waals surface area contributed by atoms with Crippen LogP contribution in [0.1, 0.15) is 101 Å². The number of rotatable bonds is 6. The van der Waals surface area contributed by atoms with Gasteiger partial charge in [-0.25, -0.2) is 0 Å². The van der Waals surface area contributed by atoms with Crippen molar-refractivity contribution < 1.29 is 20.6 Å². The quantitative estimate of drug-likeness (QED) is 0.332. The summed E-state index contributed by atoms with van der Waals surface area (Å²) in [5, 5.41) is 0. The molecule has 1 saturated heterocycles. The molecule has 0 atom stereocenters. The van der Waals surface area contributed by atoms with Crippen LogP contribution in [0, 0.1) is 0 Å². The van der Waals surface area contributed by atoms with E-state index >= 15 is 0 Å². The Labute approximate surface area is 196 Å². The first-order valence-corrected chi connectivity index (χ1v) is 12.5. The van der Waals surface area contributed by atoms with Crippen molar-refractivity contribution in [3.63, 3.8) is 0 Å². The molecule has 2 aromatic carbocycles. The number of nitrogens with zero attached hydrogens (tertiary/aromatic N) is 2. The van der Waals surface area contributed by atoms with Crippen LogP contribution in [0.15, 0.2) is 36.4 Å². The van der Waals surface area contributed by atoms with Crippen molar-refractivity contribution in [2.45, 2.75) is 79.1 Å². The number of benzene rings is 2. The summed E-state index contributed by atoms with van der Waals surface area (Å²) < 4.78 is 1.31. The standard InChI is InChI=1S/C27H38N2.Au/c1-18(2)22-11-9-12-23(19(3)4)26(22)28-15-16-29(17-28)27-24(20(5)6)13-10-14-25(27)21(7)8;/h9-14,18-21H,15-16H2,1-8H3;. The van der Waals surface area contributed by atoms with E-state index in [0.29, 0.717) is 23.7 Å². The average molecular weight is 588 g/mol. The molecule has 0 unspecified atom stereocenters. The first-order valence-electron chi connectivity index (χ1n) is 11.4. The fraction of sp³-hybridized carbons (Fsp3) is 0.519. The topological polar surface area (TPSA) is 6.48 Å². The minimum atomic E-state index is 0.503. The van der Waals surface area contributed by atoms with Gasteiger partial charge in [-0.3, -0.25) is 0 Å². The summed E-state index contributed by atoms with van der Waals surface area (Å²) in [5.74, 6) is 2.01. The van der Waals surface area contributed by atoms with Crippen molar-refractivity contribution in [2.75, 3.05) is 22.9 Å². The van der Waals surface area contributed by atoms with Gasteiger partial charge in [0.25, 0.3) is 0 Å². The van der Waals surface area contributed by atoms with Crippen LogP contribution >= 0.6 is 0 Å². The summed E-state index contributed by atoms with van der Waals surface area (Å²) in [5.41, 5.74) is 8.66. The first kappa shape index (κ1) is 23.3. The summed E-state index contributed by atoms with van der Waals surface area (Å²) in [4.78, 5) is 5.13. The molecule has 3 heteroatoms. The Kier molecular flexibility index (Phi) is 7.32. The van der Waals surface area contributed by atoms with Crippen LogP contribution in [-0.4, -0.2) is 17.1 Å². The van der Waals surface area contributed by atoms with Crippen LogP contribution in [0.25, 0.3) is 0 Å². The van der Waals surface area contributed by atoms with Crippen molar-refractivity contribution in [3.8, 4) is 0 Å². The zero-order valence-corrected chi connectivity index (χ0v) is 22.1. The second-order valence-electron chi connectivity index (χ2n) is 9.73. The normalized spacial score (nSPS) is 14.9. The average Bonchev–Trinajstić information content (AvgIpc) is 3.07. The molecule has 30 heavy (non-hydrogen) atoms. The van der Waals surface area contributed by atoms with Crippen molar-refractivity contribution in [3.05, 3.63) is 58.7 Å². The zero-order valence-electron chi connectivity index (χ0n) is 19.9. The Balaban J connectivity index is 2.12. The van der Waals surface area contributed by atoms with Crippen LogP contribution in [0.5, 0.6) is 0 Å². The molecule has 0 spiro atoms. The van der Waals surface area contributed by atoms with Gasteiger partial charge in [-0.15, -0.1) is 0 Å².